The van der Waals surface area contributed by atoms with Gasteiger partial charge in [0.15, 0.2) is 0 Å². The van der Waals surface area contributed by atoms with Crippen molar-refractivity contribution < 1.29 is 16.8 Å². The highest BCUT2D eigenvalue weighted by atomic mass is 32.2. The molecule has 7 nitrogen and oxygen atoms in total. The van der Waals surface area contributed by atoms with Gasteiger partial charge in [-0.3, -0.25) is 0 Å². The lowest BCUT2D eigenvalue weighted by molar-refractivity contribution is 0.491. The van der Waals surface area contributed by atoms with Gasteiger partial charge < -0.3 is 5.32 Å². The second kappa shape index (κ2) is 7.71. The van der Waals surface area contributed by atoms with Crippen LogP contribution in [0.5, 0.6) is 0 Å². The predicted octanol–water partition coefficient (Wildman–Crippen LogP) is -0.268. The van der Waals surface area contributed by atoms with Gasteiger partial charge in [-0.1, -0.05) is 24.3 Å². The van der Waals surface area contributed by atoms with Crippen molar-refractivity contribution in [1.29, 1.82) is 0 Å². The van der Waals surface area contributed by atoms with Gasteiger partial charge >= 0.3 is 0 Å². The maximum Gasteiger partial charge on any atom is 0.212 e. The molecule has 1 aromatic carbocycles. The number of fused-ring (bicyclic) bond motifs is 1. The first kappa shape index (κ1) is 18.3. The van der Waals surface area contributed by atoms with Gasteiger partial charge in [-0.05, 0) is 31.0 Å². The number of hydrogen-bond donors (Lipinski definition) is 3. The van der Waals surface area contributed by atoms with Crippen LogP contribution in [-0.4, -0.2) is 48.0 Å². The molecule has 1 aliphatic rings. The molecule has 9 heteroatoms. The monoisotopic (exact) mass is 361 g/mol. The largest absolute Gasteiger partial charge is 0.308 e. The molecule has 0 spiro atoms. The highest BCUT2D eigenvalue weighted by Gasteiger charge is 2.21. The summed E-state index contributed by atoms with van der Waals surface area (Å²) in [5, 5.41) is 3.30. The van der Waals surface area contributed by atoms with Crippen LogP contribution in [0, 0.1) is 0 Å². The van der Waals surface area contributed by atoms with Gasteiger partial charge in [0.2, 0.25) is 20.0 Å². The van der Waals surface area contributed by atoms with E-state index in [0.29, 0.717) is 0 Å². The van der Waals surface area contributed by atoms with Gasteiger partial charge in [0, 0.05) is 19.1 Å². The lowest BCUT2D eigenvalue weighted by Crippen LogP contribution is -2.41. The molecule has 1 unspecified atom stereocenters. The van der Waals surface area contributed by atoms with E-state index in [4.69, 9.17) is 0 Å². The Morgan fingerprint density at radius 1 is 1.13 bits per heavy atom. The van der Waals surface area contributed by atoms with Gasteiger partial charge in [-0.15, -0.1) is 0 Å². The second-order valence-electron chi connectivity index (χ2n) is 5.42. The number of nitrogens with one attached hydrogen (secondary N) is 3. The summed E-state index contributed by atoms with van der Waals surface area (Å²) in [6.07, 6.45) is 0.929. The topological polar surface area (TPSA) is 104 Å². The molecule has 0 saturated heterocycles. The Morgan fingerprint density at radius 3 is 2.61 bits per heavy atom. The van der Waals surface area contributed by atoms with Crippen molar-refractivity contribution in [2.45, 2.75) is 19.4 Å². The summed E-state index contributed by atoms with van der Waals surface area (Å²) < 4.78 is 51.4. The molecular formula is C14H23N3O4S2. The molecule has 1 heterocycles. The number of benzene rings is 1. The molecule has 2 rings (SSSR count). The summed E-state index contributed by atoms with van der Waals surface area (Å²) >= 11 is 0. The van der Waals surface area contributed by atoms with E-state index in [1.165, 1.54) is 12.5 Å². The van der Waals surface area contributed by atoms with Crippen LogP contribution in [0.1, 0.15) is 24.1 Å². The molecule has 3 N–H and O–H groups in total. The lowest BCUT2D eigenvalue weighted by Gasteiger charge is -2.27. The van der Waals surface area contributed by atoms with Crippen molar-refractivity contribution in [3.63, 3.8) is 0 Å². The third-order valence-electron chi connectivity index (χ3n) is 3.80. The van der Waals surface area contributed by atoms with E-state index in [1.807, 2.05) is 18.2 Å². The van der Waals surface area contributed by atoms with Crippen LogP contribution >= 0.6 is 0 Å². The number of hydrogen-bond acceptors (Lipinski definition) is 5. The zero-order chi connectivity index (χ0) is 16.9. The summed E-state index contributed by atoms with van der Waals surface area (Å²) in [4.78, 5) is 0. The van der Waals surface area contributed by atoms with E-state index in [-0.39, 0.29) is 30.6 Å². The van der Waals surface area contributed by atoms with E-state index in [0.717, 1.165) is 18.5 Å². The van der Waals surface area contributed by atoms with Gasteiger partial charge in [0.1, 0.15) is 0 Å². The van der Waals surface area contributed by atoms with Gasteiger partial charge in [0.05, 0.1) is 11.5 Å². The standard InChI is InChI=1S/C14H23N3O4S2/c1-2-22(18,19)16-9-10-23(20,21)17-11-14-13-6-4-3-5-12(13)7-8-15-14/h3-6,14-17H,2,7-11H2,1H3. The second-order valence-corrected chi connectivity index (χ2v) is 9.44. The first-order valence-corrected chi connectivity index (χ1v) is 10.9. The summed E-state index contributed by atoms with van der Waals surface area (Å²) in [6, 6.07) is 7.90. The quantitative estimate of drug-likeness (QED) is 0.591. The van der Waals surface area contributed by atoms with Crippen LogP contribution in [0.25, 0.3) is 0 Å². The average molecular weight is 361 g/mol. The van der Waals surface area contributed by atoms with Crippen LogP contribution in [0.15, 0.2) is 24.3 Å². The number of sulfonamides is 2. The fourth-order valence-electron chi connectivity index (χ4n) is 2.49. The smallest absolute Gasteiger partial charge is 0.212 e. The van der Waals surface area contributed by atoms with E-state index in [9.17, 15) is 16.8 Å². The Bertz CT molecular complexity index is 732. The van der Waals surface area contributed by atoms with Crippen molar-refractivity contribution in [3.05, 3.63) is 35.4 Å². The zero-order valence-corrected chi connectivity index (χ0v) is 14.7. The minimum atomic E-state index is -3.53. The van der Waals surface area contributed by atoms with Crippen molar-refractivity contribution in [3.8, 4) is 0 Å². The highest BCUT2D eigenvalue weighted by Crippen LogP contribution is 2.21. The van der Waals surface area contributed by atoms with Crippen LogP contribution in [0.2, 0.25) is 0 Å². The highest BCUT2D eigenvalue weighted by molar-refractivity contribution is 7.90. The normalized spacial score (nSPS) is 18.6. The van der Waals surface area contributed by atoms with Crippen LogP contribution in [-0.2, 0) is 26.5 Å². The molecule has 0 bridgehead atoms. The minimum Gasteiger partial charge on any atom is -0.308 e. The Hall–Kier alpha value is -1.00. The molecular weight excluding hydrogens is 338 g/mol. The molecule has 23 heavy (non-hydrogen) atoms. The molecule has 1 aromatic rings. The van der Waals surface area contributed by atoms with Crippen molar-refractivity contribution in [2.24, 2.45) is 0 Å². The molecule has 0 radical (unpaired) electrons. The third kappa shape index (κ3) is 5.54. The van der Waals surface area contributed by atoms with Crippen LogP contribution < -0.4 is 14.8 Å². The fourth-order valence-corrected chi connectivity index (χ4v) is 4.17. The van der Waals surface area contributed by atoms with Gasteiger partial charge in [-0.25, -0.2) is 26.3 Å². The molecule has 0 fully saturated rings. The first-order valence-electron chi connectivity index (χ1n) is 7.59. The van der Waals surface area contributed by atoms with Gasteiger partial charge in [0.25, 0.3) is 0 Å². The third-order valence-corrected chi connectivity index (χ3v) is 6.55. The van der Waals surface area contributed by atoms with Crippen molar-refractivity contribution in [2.75, 3.05) is 31.1 Å². The Kier molecular flexibility index (Phi) is 6.15. The van der Waals surface area contributed by atoms with Gasteiger partial charge in [-0.2, -0.15) is 0 Å². The van der Waals surface area contributed by atoms with Crippen LogP contribution in [0.3, 0.4) is 0 Å². The maximum absolute atomic E-state index is 12.0. The lowest BCUT2D eigenvalue weighted by atomic mass is 9.95. The summed E-state index contributed by atoms with van der Waals surface area (Å²) in [5.74, 6) is -0.343. The summed E-state index contributed by atoms with van der Waals surface area (Å²) in [6.45, 7) is 2.43. The Balaban J connectivity index is 1.88. The fraction of sp³-hybridized carbons (Fsp3) is 0.571. The molecule has 130 valence electrons. The first-order chi connectivity index (χ1) is 10.8. The minimum absolute atomic E-state index is 0.0662. The predicted molar refractivity (Wildman–Crippen MR) is 90.1 cm³/mol. The molecule has 0 amide bonds. The SMILES string of the molecule is CCS(=O)(=O)NCCS(=O)(=O)NCC1NCCc2ccccc21. The Labute approximate surface area is 138 Å². The molecule has 0 aromatic heterocycles. The number of rotatable bonds is 8. The van der Waals surface area contributed by atoms with E-state index < -0.39 is 20.0 Å². The van der Waals surface area contributed by atoms with E-state index in [2.05, 4.69) is 20.8 Å². The van der Waals surface area contributed by atoms with Crippen molar-refractivity contribution in [1.82, 2.24) is 14.8 Å². The molecule has 0 aliphatic carbocycles. The molecule has 1 aliphatic heterocycles. The zero-order valence-electron chi connectivity index (χ0n) is 13.1. The molecule has 0 saturated carbocycles. The average Bonchev–Trinajstić information content (AvgIpc) is 2.52. The maximum atomic E-state index is 12.0. The van der Waals surface area contributed by atoms with Crippen molar-refractivity contribution >= 4 is 20.0 Å². The van der Waals surface area contributed by atoms with E-state index in [1.54, 1.807) is 0 Å². The molecule has 1 atom stereocenters. The Morgan fingerprint density at radius 2 is 1.87 bits per heavy atom. The summed E-state index contributed by atoms with van der Waals surface area (Å²) in [7, 11) is -6.90. The summed E-state index contributed by atoms with van der Waals surface area (Å²) in [5.41, 5.74) is 2.33. The van der Waals surface area contributed by atoms with Crippen LogP contribution in [0.4, 0.5) is 0 Å². The van der Waals surface area contributed by atoms with E-state index >= 15 is 0 Å².